The third-order valence-corrected chi connectivity index (χ3v) is 5.20. The Labute approximate surface area is 181 Å². The third-order valence-electron chi connectivity index (χ3n) is 3.90. The monoisotopic (exact) mass is 441 g/mol. The molecule has 152 valence electrons. The molecular weight excluding hydrogens is 426 g/mol. The molecule has 2 amide bonds. The van der Waals surface area contributed by atoms with E-state index in [0.29, 0.717) is 17.3 Å². The van der Waals surface area contributed by atoms with Crippen LogP contribution in [0, 0.1) is 10.1 Å². The van der Waals surface area contributed by atoms with Crippen molar-refractivity contribution in [3.05, 3.63) is 87.3 Å². The molecular formula is C20H15N3O5S2. The quantitative estimate of drug-likeness (QED) is 0.230. The summed E-state index contributed by atoms with van der Waals surface area (Å²) in [6.07, 6.45) is 3.27. The smallest absolute Gasteiger partial charge is 0.285 e. The summed E-state index contributed by atoms with van der Waals surface area (Å²) in [6.45, 7) is 3.97. The van der Waals surface area contributed by atoms with Crippen LogP contribution in [-0.2, 0) is 4.79 Å². The first kappa shape index (κ1) is 21.2. The van der Waals surface area contributed by atoms with Gasteiger partial charge < -0.3 is 4.74 Å². The number of hydrogen-bond acceptors (Lipinski definition) is 7. The van der Waals surface area contributed by atoms with Crippen LogP contribution in [0.5, 0.6) is 5.75 Å². The Bertz CT molecular complexity index is 1070. The Morgan fingerprint density at radius 3 is 2.63 bits per heavy atom. The lowest BCUT2D eigenvalue weighted by atomic mass is 10.2. The van der Waals surface area contributed by atoms with E-state index in [0.717, 1.165) is 22.3 Å². The van der Waals surface area contributed by atoms with Crippen LogP contribution in [0.1, 0.15) is 15.9 Å². The molecule has 1 aliphatic rings. The Morgan fingerprint density at radius 2 is 1.97 bits per heavy atom. The Balaban J connectivity index is 1.75. The summed E-state index contributed by atoms with van der Waals surface area (Å²) in [6, 6.07) is 12.5. The van der Waals surface area contributed by atoms with Crippen molar-refractivity contribution < 1.29 is 19.2 Å². The molecule has 0 radical (unpaired) electrons. The van der Waals surface area contributed by atoms with Crippen molar-refractivity contribution in [2.75, 3.05) is 6.61 Å². The summed E-state index contributed by atoms with van der Waals surface area (Å²) in [5.74, 6) is -0.663. The SMILES string of the molecule is C=CCOc1ccc(/C=C2\SC(=S)N(NC(=O)c3ccccc3[N+](=O)[O-])C2=O)cc1. The molecule has 0 aliphatic carbocycles. The molecule has 2 aromatic rings. The number of hydrazine groups is 1. The number of benzene rings is 2. The maximum atomic E-state index is 12.7. The number of hydrogen-bond donors (Lipinski definition) is 1. The highest BCUT2D eigenvalue weighted by molar-refractivity contribution is 8.26. The topological polar surface area (TPSA) is 102 Å². The van der Waals surface area contributed by atoms with Gasteiger partial charge in [0.2, 0.25) is 0 Å². The van der Waals surface area contributed by atoms with Gasteiger partial charge in [-0.05, 0) is 42.1 Å². The van der Waals surface area contributed by atoms with Crippen LogP contribution in [0.25, 0.3) is 6.08 Å². The van der Waals surface area contributed by atoms with Crippen molar-refractivity contribution >= 4 is 51.9 Å². The largest absolute Gasteiger partial charge is 0.490 e. The van der Waals surface area contributed by atoms with Gasteiger partial charge in [-0.2, -0.15) is 5.01 Å². The molecule has 0 atom stereocenters. The van der Waals surface area contributed by atoms with E-state index in [1.165, 1.54) is 24.3 Å². The molecule has 30 heavy (non-hydrogen) atoms. The van der Waals surface area contributed by atoms with Gasteiger partial charge in [-0.3, -0.25) is 25.1 Å². The third kappa shape index (κ3) is 4.73. The van der Waals surface area contributed by atoms with Crippen molar-refractivity contribution in [2.45, 2.75) is 0 Å². The Kier molecular flexibility index (Phi) is 6.60. The van der Waals surface area contributed by atoms with Crippen molar-refractivity contribution in [3.63, 3.8) is 0 Å². The fourth-order valence-electron chi connectivity index (χ4n) is 2.52. The lowest BCUT2D eigenvalue weighted by Crippen LogP contribution is -2.45. The Morgan fingerprint density at radius 1 is 1.27 bits per heavy atom. The van der Waals surface area contributed by atoms with Crippen LogP contribution in [0.15, 0.2) is 66.1 Å². The minimum atomic E-state index is -0.802. The lowest BCUT2D eigenvalue weighted by Gasteiger charge is -2.15. The van der Waals surface area contributed by atoms with Crippen LogP contribution in [-0.4, -0.2) is 32.7 Å². The van der Waals surface area contributed by atoms with Crippen LogP contribution >= 0.6 is 24.0 Å². The summed E-state index contributed by atoms with van der Waals surface area (Å²) in [7, 11) is 0. The fraction of sp³-hybridized carbons (Fsp3) is 0.0500. The van der Waals surface area contributed by atoms with Gasteiger partial charge >= 0.3 is 0 Å². The van der Waals surface area contributed by atoms with E-state index in [1.807, 2.05) is 0 Å². The molecule has 2 aromatic carbocycles. The molecule has 8 nitrogen and oxygen atoms in total. The number of carbonyl (C=O) groups is 2. The zero-order valence-electron chi connectivity index (χ0n) is 15.4. The standard InChI is InChI=1S/C20H15N3O5S2/c1-2-11-28-14-9-7-13(8-10-14)12-17-19(25)22(20(29)30-17)21-18(24)15-5-3-4-6-16(15)23(26)27/h2-10,12H,1,11H2,(H,21,24)/b17-12-. The molecule has 0 saturated carbocycles. The number of nitro groups is 1. The van der Waals surface area contributed by atoms with Crippen LogP contribution in [0.4, 0.5) is 5.69 Å². The molecule has 0 aromatic heterocycles. The number of thioether (sulfide) groups is 1. The number of rotatable bonds is 7. The predicted molar refractivity (Wildman–Crippen MR) is 118 cm³/mol. The Hall–Kier alpha value is -3.50. The number of carbonyl (C=O) groups excluding carboxylic acids is 2. The first-order valence-electron chi connectivity index (χ1n) is 8.57. The average molecular weight is 441 g/mol. The van der Waals surface area contributed by atoms with E-state index in [-0.39, 0.29) is 15.6 Å². The fourth-order valence-corrected chi connectivity index (χ4v) is 3.70. The van der Waals surface area contributed by atoms with Gasteiger partial charge in [0.25, 0.3) is 17.5 Å². The zero-order chi connectivity index (χ0) is 21.7. The summed E-state index contributed by atoms with van der Waals surface area (Å²) < 4.78 is 5.53. The molecule has 0 unspecified atom stereocenters. The van der Waals surface area contributed by atoms with E-state index in [4.69, 9.17) is 17.0 Å². The molecule has 1 aliphatic heterocycles. The van der Waals surface area contributed by atoms with Crippen LogP contribution in [0.2, 0.25) is 0 Å². The van der Waals surface area contributed by atoms with Crippen LogP contribution in [0.3, 0.4) is 0 Å². The molecule has 1 fully saturated rings. The molecule has 10 heteroatoms. The van der Waals surface area contributed by atoms with E-state index >= 15 is 0 Å². The van der Waals surface area contributed by atoms with Gasteiger partial charge in [0.15, 0.2) is 4.32 Å². The average Bonchev–Trinajstić information content (AvgIpc) is 3.00. The number of thiocarbonyl (C=S) groups is 1. The lowest BCUT2D eigenvalue weighted by molar-refractivity contribution is -0.385. The van der Waals surface area contributed by atoms with Gasteiger partial charge in [0.05, 0.1) is 9.83 Å². The highest BCUT2D eigenvalue weighted by Crippen LogP contribution is 2.32. The second kappa shape index (κ2) is 9.33. The number of ether oxygens (including phenoxy) is 1. The number of nitro benzene ring substituents is 1. The second-order valence-electron chi connectivity index (χ2n) is 5.90. The summed E-state index contributed by atoms with van der Waals surface area (Å²) in [4.78, 5) is 35.9. The highest BCUT2D eigenvalue weighted by Gasteiger charge is 2.34. The first-order chi connectivity index (χ1) is 14.4. The molecule has 1 saturated heterocycles. The van der Waals surface area contributed by atoms with Crippen molar-refractivity contribution in [3.8, 4) is 5.75 Å². The van der Waals surface area contributed by atoms with E-state index in [9.17, 15) is 19.7 Å². The second-order valence-corrected chi connectivity index (χ2v) is 7.58. The van der Waals surface area contributed by atoms with E-state index < -0.39 is 16.7 Å². The van der Waals surface area contributed by atoms with Crippen molar-refractivity contribution in [1.29, 1.82) is 0 Å². The first-order valence-corrected chi connectivity index (χ1v) is 9.79. The van der Waals surface area contributed by atoms with Gasteiger partial charge in [-0.1, -0.05) is 48.7 Å². The van der Waals surface area contributed by atoms with Crippen molar-refractivity contribution in [2.24, 2.45) is 0 Å². The number of amides is 2. The summed E-state index contributed by atoms with van der Waals surface area (Å²) >= 11 is 6.20. The van der Waals surface area contributed by atoms with E-state index in [2.05, 4.69) is 12.0 Å². The van der Waals surface area contributed by atoms with Gasteiger partial charge in [0.1, 0.15) is 17.9 Å². The minimum absolute atomic E-state index is 0.115. The molecule has 0 spiro atoms. The zero-order valence-corrected chi connectivity index (χ0v) is 17.1. The number of para-hydroxylation sites is 1. The van der Waals surface area contributed by atoms with Crippen molar-refractivity contribution in [1.82, 2.24) is 10.4 Å². The normalized spacial score (nSPS) is 14.7. The number of nitrogens with one attached hydrogen (secondary N) is 1. The maximum Gasteiger partial charge on any atom is 0.285 e. The number of nitrogens with zero attached hydrogens (tertiary/aromatic N) is 2. The van der Waals surface area contributed by atoms with Crippen LogP contribution < -0.4 is 10.2 Å². The molecule has 1 heterocycles. The summed E-state index contributed by atoms with van der Waals surface area (Å²) in [5, 5.41) is 12.0. The van der Waals surface area contributed by atoms with Gasteiger partial charge in [-0.15, -0.1) is 0 Å². The molecule has 0 bridgehead atoms. The summed E-state index contributed by atoms with van der Waals surface area (Å²) in [5.41, 5.74) is 2.55. The molecule has 3 rings (SSSR count). The predicted octanol–water partition coefficient (Wildman–Crippen LogP) is 3.71. The minimum Gasteiger partial charge on any atom is -0.490 e. The van der Waals surface area contributed by atoms with Gasteiger partial charge in [-0.25, -0.2) is 0 Å². The molecule has 1 N–H and O–H groups in total. The highest BCUT2D eigenvalue weighted by atomic mass is 32.2. The van der Waals surface area contributed by atoms with E-state index in [1.54, 1.807) is 36.4 Å². The maximum absolute atomic E-state index is 12.7. The van der Waals surface area contributed by atoms with Gasteiger partial charge in [0, 0.05) is 6.07 Å².